The quantitative estimate of drug-likeness (QED) is 0.907. The van der Waals surface area contributed by atoms with Gasteiger partial charge in [-0.1, -0.05) is 13.8 Å². The molecule has 0 aliphatic heterocycles. The van der Waals surface area contributed by atoms with Gasteiger partial charge in [-0.25, -0.2) is 0 Å². The molecule has 3 unspecified atom stereocenters. The highest BCUT2D eigenvalue weighted by Crippen LogP contribution is 2.31. The molecule has 1 heterocycles. The fourth-order valence-corrected chi connectivity index (χ4v) is 2.54. The summed E-state index contributed by atoms with van der Waals surface area (Å²) in [6, 6.07) is 2.11. The van der Waals surface area contributed by atoms with E-state index in [2.05, 4.69) is 29.1 Å². The van der Waals surface area contributed by atoms with Gasteiger partial charge in [0.15, 0.2) is 0 Å². The Morgan fingerprint density at radius 3 is 2.21 bits per heavy atom. The van der Waals surface area contributed by atoms with E-state index in [0.29, 0.717) is 23.8 Å². The Bertz CT molecular complexity index is 403. The second-order valence-corrected chi connectivity index (χ2v) is 5.39. The van der Waals surface area contributed by atoms with Gasteiger partial charge < -0.3 is 14.8 Å². The highest BCUT2D eigenvalue weighted by Gasteiger charge is 2.25. The summed E-state index contributed by atoms with van der Waals surface area (Å²) in [4.78, 5) is 8.63. The molecule has 1 aliphatic carbocycles. The van der Waals surface area contributed by atoms with Crippen molar-refractivity contribution in [1.82, 2.24) is 9.97 Å². The molecule has 0 amide bonds. The maximum Gasteiger partial charge on any atom is 0.229 e. The zero-order chi connectivity index (χ0) is 13.8. The minimum absolute atomic E-state index is 0.433. The Morgan fingerprint density at radius 1 is 1.05 bits per heavy atom. The van der Waals surface area contributed by atoms with Gasteiger partial charge in [0, 0.05) is 6.04 Å². The lowest BCUT2D eigenvalue weighted by Crippen LogP contribution is -2.31. The van der Waals surface area contributed by atoms with E-state index in [1.165, 1.54) is 6.42 Å². The SMILES string of the molecule is COc1cc(OC)nc(NC2CCC(C)C(C)C2)n1. The van der Waals surface area contributed by atoms with E-state index < -0.39 is 0 Å². The number of nitrogens with one attached hydrogen (secondary N) is 1. The maximum absolute atomic E-state index is 5.15. The molecule has 5 nitrogen and oxygen atoms in total. The Hall–Kier alpha value is -1.52. The lowest BCUT2D eigenvalue weighted by atomic mass is 9.79. The van der Waals surface area contributed by atoms with Gasteiger partial charge in [-0.05, 0) is 31.1 Å². The molecule has 0 saturated heterocycles. The Morgan fingerprint density at radius 2 is 1.68 bits per heavy atom. The van der Waals surface area contributed by atoms with Crippen LogP contribution < -0.4 is 14.8 Å². The lowest BCUT2D eigenvalue weighted by Gasteiger charge is -2.32. The van der Waals surface area contributed by atoms with Gasteiger partial charge in [-0.3, -0.25) is 0 Å². The van der Waals surface area contributed by atoms with Gasteiger partial charge in [0.1, 0.15) is 0 Å². The molecule has 3 atom stereocenters. The zero-order valence-corrected chi connectivity index (χ0v) is 12.1. The summed E-state index contributed by atoms with van der Waals surface area (Å²) in [5, 5.41) is 3.40. The number of anilines is 1. The van der Waals surface area contributed by atoms with Gasteiger partial charge in [-0.2, -0.15) is 9.97 Å². The van der Waals surface area contributed by atoms with Crippen LogP contribution >= 0.6 is 0 Å². The van der Waals surface area contributed by atoms with Crippen LogP contribution in [0.5, 0.6) is 11.8 Å². The molecule has 0 spiro atoms. The van der Waals surface area contributed by atoms with Crippen LogP contribution in [0, 0.1) is 11.8 Å². The van der Waals surface area contributed by atoms with Crippen LogP contribution in [0.15, 0.2) is 6.07 Å². The second kappa shape index (κ2) is 6.08. The highest BCUT2D eigenvalue weighted by molar-refractivity contribution is 5.34. The molecule has 1 fully saturated rings. The Labute approximate surface area is 114 Å². The van der Waals surface area contributed by atoms with Crippen LogP contribution in [0.3, 0.4) is 0 Å². The minimum atomic E-state index is 0.433. The van der Waals surface area contributed by atoms with Crippen molar-refractivity contribution in [3.05, 3.63) is 6.07 Å². The lowest BCUT2D eigenvalue weighted by molar-refractivity contribution is 0.260. The topological polar surface area (TPSA) is 56.3 Å². The molecule has 1 aromatic heterocycles. The standard InChI is InChI=1S/C14H23N3O2/c1-9-5-6-11(7-10(9)2)15-14-16-12(18-3)8-13(17-14)19-4/h8-11H,5-7H2,1-4H3,(H,15,16,17). The zero-order valence-electron chi connectivity index (χ0n) is 12.1. The molecule has 1 saturated carbocycles. The minimum Gasteiger partial charge on any atom is -0.481 e. The van der Waals surface area contributed by atoms with Gasteiger partial charge in [0.2, 0.25) is 17.7 Å². The molecule has 0 radical (unpaired) electrons. The number of hydrogen-bond donors (Lipinski definition) is 1. The van der Waals surface area contributed by atoms with E-state index in [4.69, 9.17) is 9.47 Å². The predicted octanol–water partition coefficient (Wildman–Crippen LogP) is 2.73. The molecular formula is C14H23N3O2. The van der Waals surface area contributed by atoms with Crippen LogP contribution in [-0.2, 0) is 0 Å². The first-order valence-corrected chi connectivity index (χ1v) is 6.86. The van der Waals surface area contributed by atoms with E-state index in [0.717, 1.165) is 24.7 Å². The van der Waals surface area contributed by atoms with Crippen LogP contribution in [0.25, 0.3) is 0 Å². The summed E-state index contributed by atoms with van der Waals surface area (Å²) >= 11 is 0. The summed E-state index contributed by atoms with van der Waals surface area (Å²) < 4.78 is 10.3. The maximum atomic E-state index is 5.15. The van der Waals surface area contributed by atoms with Crippen molar-refractivity contribution < 1.29 is 9.47 Å². The number of ether oxygens (including phenoxy) is 2. The van der Waals surface area contributed by atoms with E-state index in [1.807, 2.05) is 0 Å². The molecule has 0 aromatic carbocycles. The summed E-state index contributed by atoms with van der Waals surface area (Å²) in [5.41, 5.74) is 0. The van der Waals surface area contributed by atoms with E-state index in [1.54, 1.807) is 20.3 Å². The molecule has 1 aromatic rings. The molecule has 5 heteroatoms. The van der Waals surface area contributed by atoms with Crippen molar-refractivity contribution in [2.75, 3.05) is 19.5 Å². The average molecular weight is 265 g/mol. The molecule has 2 rings (SSSR count). The highest BCUT2D eigenvalue weighted by atomic mass is 16.5. The van der Waals surface area contributed by atoms with Crippen molar-refractivity contribution in [1.29, 1.82) is 0 Å². The molecular weight excluding hydrogens is 242 g/mol. The van der Waals surface area contributed by atoms with Crippen molar-refractivity contribution in [3.63, 3.8) is 0 Å². The third-order valence-corrected chi connectivity index (χ3v) is 4.03. The Balaban J connectivity index is 2.06. The summed E-state index contributed by atoms with van der Waals surface area (Å²) in [6.45, 7) is 4.64. The van der Waals surface area contributed by atoms with Crippen LogP contribution in [0.1, 0.15) is 33.1 Å². The third-order valence-electron chi connectivity index (χ3n) is 4.03. The molecule has 106 valence electrons. The largest absolute Gasteiger partial charge is 0.481 e. The van der Waals surface area contributed by atoms with Crippen LogP contribution in [0.4, 0.5) is 5.95 Å². The van der Waals surface area contributed by atoms with Crippen molar-refractivity contribution >= 4 is 5.95 Å². The first-order valence-electron chi connectivity index (χ1n) is 6.86. The predicted molar refractivity (Wildman–Crippen MR) is 74.7 cm³/mol. The van der Waals surface area contributed by atoms with E-state index in [9.17, 15) is 0 Å². The van der Waals surface area contributed by atoms with Gasteiger partial charge in [0.25, 0.3) is 0 Å². The smallest absolute Gasteiger partial charge is 0.229 e. The van der Waals surface area contributed by atoms with E-state index >= 15 is 0 Å². The number of hydrogen-bond acceptors (Lipinski definition) is 5. The first kappa shape index (κ1) is 13.9. The third kappa shape index (κ3) is 3.49. The van der Waals surface area contributed by atoms with E-state index in [-0.39, 0.29) is 0 Å². The molecule has 1 aliphatic rings. The second-order valence-electron chi connectivity index (χ2n) is 5.39. The summed E-state index contributed by atoms with van der Waals surface area (Å²) in [5.74, 6) is 3.17. The monoisotopic (exact) mass is 265 g/mol. The normalized spacial score (nSPS) is 26.8. The average Bonchev–Trinajstić information content (AvgIpc) is 2.42. The fraction of sp³-hybridized carbons (Fsp3) is 0.714. The van der Waals surface area contributed by atoms with Gasteiger partial charge >= 0.3 is 0 Å². The number of nitrogens with zero attached hydrogens (tertiary/aromatic N) is 2. The first-order chi connectivity index (χ1) is 9.12. The fourth-order valence-electron chi connectivity index (χ4n) is 2.54. The van der Waals surface area contributed by atoms with Crippen molar-refractivity contribution in [2.24, 2.45) is 11.8 Å². The van der Waals surface area contributed by atoms with Crippen molar-refractivity contribution in [2.45, 2.75) is 39.2 Å². The van der Waals surface area contributed by atoms with Gasteiger partial charge in [0.05, 0.1) is 20.3 Å². The molecule has 19 heavy (non-hydrogen) atoms. The number of methoxy groups -OCH3 is 2. The number of aromatic nitrogens is 2. The molecule has 0 bridgehead atoms. The summed E-state index contributed by atoms with van der Waals surface area (Å²) in [7, 11) is 3.19. The van der Waals surface area contributed by atoms with Crippen LogP contribution in [0.2, 0.25) is 0 Å². The van der Waals surface area contributed by atoms with Crippen LogP contribution in [-0.4, -0.2) is 30.2 Å². The van der Waals surface area contributed by atoms with Crippen molar-refractivity contribution in [3.8, 4) is 11.8 Å². The number of rotatable bonds is 4. The van der Waals surface area contributed by atoms with Gasteiger partial charge in [-0.15, -0.1) is 0 Å². The Kier molecular flexibility index (Phi) is 4.45. The molecule has 1 N–H and O–H groups in total. The summed E-state index contributed by atoms with van der Waals surface area (Å²) in [6.07, 6.45) is 3.57.